The average Bonchev–Trinajstić information content (AvgIpc) is 3.26. The second-order valence-electron chi connectivity index (χ2n) is 7.90. The highest BCUT2D eigenvalue weighted by Crippen LogP contribution is 2.32. The number of anilines is 2. The number of para-hydroxylation sites is 2. The van der Waals surface area contributed by atoms with Crippen LogP contribution in [0.1, 0.15) is 37.6 Å². The Morgan fingerprint density at radius 1 is 0.735 bits per heavy atom. The summed E-state index contributed by atoms with van der Waals surface area (Å²) in [6, 6.07) is 22.3. The zero-order chi connectivity index (χ0) is 24.1. The van der Waals surface area contributed by atoms with Crippen LogP contribution in [0, 0.1) is 20.8 Å². The van der Waals surface area contributed by atoms with Crippen molar-refractivity contribution in [2.45, 2.75) is 20.8 Å². The summed E-state index contributed by atoms with van der Waals surface area (Å²) in [6.45, 7) is 5.87. The van der Waals surface area contributed by atoms with Gasteiger partial charge in [-0.15, -0.1) is 0 Å². The van der Waals surface area contributed by atoms with Gasteiger partial charge >= 0.3 is 5.91 Å². The number of hydrogen-bond acceptors (Lipinski definition) is 6. The third-order valence-corrected chi connectivity index (χ3v) is 5.23. The second kappa shape index (κ2) is 9.91. The number of aryl methyl sites for hydroxylation is 3. The van der Waals surface area contributed by atoms with Crippen LogP contribution in [0.3, 0.4) is 0 Å². The highest BCUT2D eigenvalue weighted by Gasteiger charge is 2.30. The first-order valence-corrected chi connectivity index (χ1v) is 10.7. The molecule has 0 unspecified atom stereocenters. The van der Waals surface area contributed by atoms with Crippen LogP contribution in [0.25, 0.3) is 11.3 Å². The summed E-state index contributed by atoms with van der Waals surface area (Å²) in [6.07, 6.45) is 0. The maximum absolute atomic E-state index is 13.3. The molecule has 4 rings (SSSR count). The predicted molar refractivity (Wildman–Crippen MR) is 131 cm³/mol. The van der Waals surface area contributed by atoms with Crippen molar-refractivity contribution in [2.75, 3.05) is 10.9 Å². The van der Waals surface area contributed by atoms with Crippen LogP contribution >= 0.6 is 0 Å². The number of carbonyl (C=O) groups excluding carboxylic acids is 2. The van der Waals surface area contributed by atoms with Gasteiger partial charge in [0.25, 0.3) is 5.91 Å². The highest BCUT2D eigenvalue weighted by atomic mass is 16.5. The first-order valence-electron chi connectivity index (χ1n) is 10.7. The normalized spacial score (nSPS) is 10.4. The monoisotopic (exact) mass is 455 g/mol. The lowest BCUT2D eigenvalue weighted by Gasteiger charge is -2.12. The van der Waals surface area contributed by atoms with E-state index in [1.165, 1.54) is 0 Å². The third-order valence-electron chi connectivity index (χ3n) is 5.23. The number of nitrogens with one attached hydrogen (secondary N) is 4. The first kappa shape index (κ1) is 22.6. The summed E-state index contributed by atoms with van der Waals surface area (Å²) in [5.41, 5.74) is 16.2. The number of hydrazine groups is 2. The molecular weight excluding hydrogens is 430 g/mol. The topological polar surface area (TPSA) is 108 Å². The first-order chi connectivity index (χ1) is 16.4. The zero-order valence-electron chi connectivity index (χ0n) is 19.1. The lowest BCUT2D eigenvalue weighted by atomic mass is 9.94. The molecule has 0 saturated heterocycles. The van der Waals surface area contributed by atoms with Gasteiger partial charge in [0.15, 0.2) is 0 Å². The Balaban J connectivity index is 1.68. The van der Waals surface area contributed by atoms with Crippen molar-refractivity contribution >= 4 is 23.2 Å². The van der Waals surface area contributed by atoms with E-state index >= 15 is 0 Å². The van der Waals surface area contributed by atoms with Gasteiger partial charge in [0, 0.05) is 5.56 Å². The van der Waals surface area contributed by atoms with Gasteiger partial charge in [-0.05, 0) is 56.2 Å². The Morgan fingerprint density at radius 3 is 1.76 bits per heavy atom. The molecule has 2 amide bonds. The fourth-order valence-corrected chi connectivity index (χ4v) is 3.80. The molecule has 0 spiro atoms. The minimum absolute atomic E-state index is 0.0332. The van der Waals surface area contributed by atoms with Crippen molar-refractivity contribution in [2.24, 2.45) is 0 Å². The van der Waals surface area contributed by atoms with E-state index < -0.39 is 11.8 Å². The number of benzene rings is 3. The minimum Gasteiger partial charge on any atom is -0.349 e. The van der Waals surface area contributed by atoms with Crippen LogP contribution in [-0.2, 0) is 0 Å². The zero-order valence-corrected chi connectivity index (χ0v) is 19.1. The second-order valence-corrected chi connectivity index (χ2v) is 7.90. The van der Waals surface area contributed by atoms with Gasteiger partial charge in [-0.25, -0.2) is 0 Å². The molecule has 3 aromatic carbocycles. The van der Waals surface area contributed by atoms with Gasteiger partial charge in [-0.1, -0.05) is 59.3 Å². The van der Waals surface area contributed by atoms with Crippen LogP contribution in [0.15, 0.2) is 77.3 Å². The van der Waals surface area contributed by atoms with E-state index in [0.29, 0.717) is 17.1 Å². The van der Waals surface area contributed by atoms with Crippen LogP contribution in [-0.4, -0.2) is 17.0 Å². The molecule has 4 N–H and O–H groups in total. The van der Waals surface area contributed by atoms with E-state index in [-0.39, 0.29) is 11.3 Å². The van der Waals surface area contributed by atoms with E-state index in [0.717, 1.165) is 22.3 Å². The van der Waals surface area contributed by atoms with E-state index in [1.54, 1.807) is 24.3 Å². The molecule has 0 aliphatic heterocycles. The maximum Gasteiger partial charge on any atom is 0.309 e. The number of amides is 2. The van der Waals surface area contributed by atoms with Crippen molar-refractivity contribution < 1.29 is 14.1 Å². The van der Waals surface area contributed by atoms with Crippen molar-refractivity contribution in [1.82, 2.24) is 16.0 Å². The van der Waals surface area contributed by atoms with Crippen LogP contribution in [0.2, 0.25) is 0 Å². The molecule has 4 aromatic rings. The molecule has 0 aliphatic carbocycles. The molecule has 0 aliphatic rings. The van der Waals surface area contributed by atoms with Crippen LogP contribution in [0.4, 0.5) is 11.4 Å². The van der Waals surface area contributed by atoms with Crippen LogP contribution < -0.4 is 21.7 Å². The molecule has 1 heterocycles. The lowest BCUT2D eigenvalue weighted by molar-refractivity contribution is 0.0901. The van der Waals surface area contributed by atoms with Gasteiger partial charge in [0.05, 0.1) is 11.4 Å². The fraction of sp³-hybridized carbons (Fsp3) is 0.115. The van der Waals surface area contributed by atoms with Crippen molar-refractivity contribution in [3.63, 3.8) is 0 Å². The van der Waals surface area contributed by atoms with Gasteiger partial charge in [0.2, 0.25) is 5.76 Å². The third kappa shape index (κ3) is 4.91. The van der Waals surface area contributed by atoms with Gasteiger partial charge in [-0.2, -0.15) is 0 Å². The molecule has 172 valence electrons. The van der Waals surface area contributed by atoms with E-state index in [4.69, 9.17) is 4.52 Å². The number of hydrogen-bond donors (Lipinski definition) is 4. The fourth-order valence-electron chi connectivity index (χ4n) is 3.80. The molecule has 8 heteroatoms. The largest absolute Gasteiger partial charge is 0.349 e. The van der Waals surface area contributed by atoms with E-state index in [1.807, 2.05) is 69.3 Å². The maximum atomic E-state index is 13.3. The minimum atomic E-state index is -0.630. The van der Waals surface area contributed by atoms with E-state index in [2.05, 4.69) is 26.9 Å². The molecule has 34 heavy (non-hydrogen) atoms. The number of nitrogens with zero attached hydrogens (tertiary/aromatic N) is 1. The molecule has 1 aromatic heterocycles. The Kier molecular flexibility index (Phi) is 6.59. The highest BCUT2D eigenvalue weighted by molar-refractivity contribution is 6.10. The average molecular weight is 456 g/mol. The van der Waals surface area contributed by atoms with Gasteiger partial charge < -0.3 is 4.52 Å². The van der Waals surface area contributed by atoms with Gasteiger partial charge in [-0.3, -0.25) is 31.3 Å². The van der Waals surface area contributed by atoms with Crippen LogP contribution in [0.5, 0.6) is 0 Å². The molecule has 0 saturated carbocycles. The molecule has 0 radical (unpaired) electrons. The number of carbonyl (C=O) groups is 2. The van der Waals surface area contributed by atoms with Gasteiger partial charge in [0.1, 0.15) is 11.3 Å². The van der Waals surface area contributed by atoms with E-state index in [9.17, 15) is 9.59 Å². The summed E-state index contributed by atoms with van der Waals surface area (Å²) in [5, 5.41) is 4.14. The predicted octanol–water partition coefficient (Wildman–Crippen LogP) is 4.78. The summed E-state index contributed by atoms with van der Waals surface area (Å²) < 4.78 is 5.42. The number of rotatable bonds is 7. The number of aromatic nitrogens is 1. The standard InChI is InChI=1S/C26H25N5O3/c1-16-14-17(2)21(18(3)15-16)23-22(25(32)29-27-19-10-6-4-7-11-19)24(34-31-23)26(33)30-28-20-12-8-5-9-13-20/h4-15,27-28H,1-3H3,(H,29,32)(H,30,33). The Bertz CT molecular complexity index is 1290. The Morgan fingerprint density at radius 2 is 1.24 bits per heavy atom. The molecule has 8 nitrogen and oxygen atoms in total. The summed E-state index contributed by atoms with van der Waals surface area (Å²) in [5.74, 6) is -1.38. The van der Waals surface area contributed by atoms with Crippen molar-refractivity contribution in [3.8, 4) is 11.3 Å². The summed E-state index contributed by atoms with van der Waals surface area (Å²) >= 11 is 0. The Hall–Kier alpha value is -4.59. The molecular formula is C26H25N5O3. The SMILES string of the molecule is Cc1cc(C)c(-c2noc(C(=O)NNc3ccccc3)c2C(=O)NNc2ccccc2)c(C)c1. The molecule has 0 atom stereocenters. The smallest absolute Gasteiger partial charge is 0.309 e. The quantitative estimate of drug-likeness (QED) is 0.299. The molecule has 0 fully saturated rings. The van der Waals surface area contributed by atoms with Crippen molar-refractivity contribution in [3.05, 3.63) is 101 Å². The Labute approximate surface area is 197 Å². The van der Waals surface area contributed by atoms with Crippen molar-refractivity contribution in [1.29, 1.82) is 0 Å². The molecule has 0 bridgehead atoms. The summed E-state index contributed by atoms with van der Waals surface area (Å²) in [4.78, 5) is 26.3. The summed E-state index contributed by atoms with van der Waals surface area (Å²) in [7, 11) is 0. The lowest BCUT2D eigenvalue weighted by Crippen LogP contribution is -2.34.